The Morgan fingerprint density at radius 1 is 1.24 bits per heavy atom. The summed E-state index contributed by atoms with van der Waals surface area (Å²) in [6.07, 6.45) is 4.61. The van der Waals surface area contributed by atoms with E-state index in [0.717, 1.165) is 23.6 Å². The smallest absolute Gasteiger partial charge is 0.0514 e. The van der Waals surface area contributed by atoms with Crippen LogP contribution in [0.1, 0.15) is 30.5 Å². The molecule has 2 unspecified atom stereocenters. The average Bonchev–Trinajstić information content (AvgIpc) is 2.50. The molecule has 1 aromatic carbocycles. The molecule has 0 spiro atoms. The maximum absolute atomic E-state index is 6.34. The third kappa shape index (κ3) is 4.27. The van der Waals surface area contributed by atoms with E-state index in [-0.39, 0.29) is 12.1 Å². The molecule has 0 fully saturated rings. The second-order valence-electron chi connectivity index (χ2n) is 5.34. The monoisotopic (exact) mass is 303 g/mol. The lowest BCUT2D eigenvalue weighted by atomic mass is 9.97. The average molecular weight is 304 g/mol. The van der Waals surface area contributed by atoms with Crippen LogP contribution in [-0.4, -0.2) is 23.0 Å². The van der Waals surface area contributed by atoms with Gasteiger partial charge in [-0.05, 0) is 42.8 Å². The summed E-state index contributed by atoms with van der Waals surface area (Å²) in [7, 11) is 2.10. The molecule has 0 saturated heterocycles. The third-order valence-corrected chi connectivity index (χ3v) is 3.97. The van der Waals surface area contributed by atoms with E-state index >= 15 is 0 Å². The lowest BCUT2D eigenvalue weighted by Gasteiger charge is -2.32. The number of benzene rings is 1. The van der Waals surface area contributed by atoms with Gasteiger partial charge in [-0.15, -0.1) is 0 Å². The van der Waals surface area contributed by atoms with Crippen molar-refractivity contribution in [2.24, 2.45) is 5.73 Å². The Morgan fingerprint density at radius 3 is 2.52 bits per heavy atom. The Balaban J connectivity index is 2.18. The molecule has 4 heteroatoms. The van der Waals surface area contributed by atoms with E-state index in [4.69, 9.17) is 17.3 Å². The molecule has 0 saturated carbocycles. The summed E-state index contributed by atoms with van der Waals surface area (Å²) in [5.41, 5.74) is 8.71. The van der Waals surface area contributed by atoms with Crippen LogP contribution in [0.2, 0.25) is 5.02 Å². The quantitative estimate of drug-likeness (QED) is 0.886. The highest BCUT2D eigenvalue weighted by atomic mass is 35.5. The van der Waals surface area contributed by atoms with Crippen LogP contribution in [0.15, 0.2) is 48.8 Å². The molecule has 21 heavy (non-hydrogen) atoms. The van der Waals surface area contributed by atoms with Gasteiger partial charge in [-0.2, -0.15) is 0 Å². The van der Waals surface area contributed by atoms with Crippen molar-refractivity contribution in [3.63, 3.8) is 0 Å². The first-order chi connectivity index (χ1) is 10.1. The van der Waals surface area contributed by atoms with Crippen LogP contribution in [0.3, 0.4) is 0 Å². The van der Waals surface area contributed by atoms with E-state index < -0.39 is 0 Å². The standard InChI is InChI=1S/C17H22ClN3/c1-3-16(19)17(14-5-4-10-20-11-14)21(2)12-13-6-8-15(18)9-7-13/h4-11,16-17H,3,12,19H2,1-2H3. The van der Waals surface area contributed by atoms with Gasteiger partial charge in [0, 0.05) is 30.0 Å². The molecule has 0 aliphatic rings. The van der Waals surface area contributed by atoms with Crippen LogP contribution in [0.5, 0.6) is 0 Å². The van der Waals surface area contributed by atoms with Gasteiger partial charge in [0.05, 0.1) is 6.04 Å². The zero-order valence-corrected chi connectivity index (χ0v) is 13.3. The molecule has 0 aliphatic carbocycles. The summed E-state index contributed by atoms with van der Waals surface area (Å²) in [4.78, 5) is 6.50. The second-order valence-corrected chi connectivity index (χ2v) is 5.78. The van der Waals surface area contributed by atoms with E-state index in [1.165, 1.54) is 5.56 Å². The molecule has 2 aromatic rings. The molecule has 2 atom stereocenters. The number of hydrogen-bond donors (Lipinski definition) is 1. The van der Waals surface area contributed by atoms with Crippen molar-refractivity contribution >= 4 is 11.6 Å². The molecule has 0 amide bonds. The Bertz CT molecular complexity index is 542. The van der Waals surface area contributed by atoms with Crippen molar-refractivity contribution in [2.75, 3.05) is 7.05 Å². The molecule has 1 aromatic heterocycles. The van der Waals surface area contributed by atoms with Crippen molar-refractivity contribution in [1.82, 2.24) is 9.88 Å². The molecule has 3 nitrogen and oxygen atoms in total. The first-order valence-electron chi connectivity index (χ1n) is 7.22. The van der Waals surface area contributed by atoms with E-state index in [2.05, 4.69) is 42.1 Å². The number of hydrogen-bond acceptors (Lipinski definition) is 3. The summed E-state index contributed by atoms with van der Waals surface area (Å²) < 4.78 is 0. The van der Waals surface area contributed by atoms with Gasteiger partial charge in [-0.1, -0.05) is 36.7 Å². The largest absolute Gasteiger partial charge is 0.326 e. The fourth-order valence-electron chi connectivity index (χ4n) is 2.58. The number of nitrogens with zero attached hydrogens (tertiary/aromatic N) is 2. The van der Waals surface area contributed by atoms with Crippen molar-refractivity contribution in [3.05, 3.63) is 64.9 Å². The molecule has 1 heterocycles. The normalized spacial score (nSPS) is 14.1. The van der Waals surface area contributed by atoms with Gasteiger partial charge < -0.3 is 5.73 Å². The van der Waals surface area contributed by atoms with Gasteiger partial charge in [0.2, 0.25) is 0 Å². The lowest BCUT2D eigenvalue weighted by Crippen LogP contribution is -2.38. The molecule has 112 valence electrons. The number of nitrogens with two attached hydrogens (primary N) is 1. The van der Waals surface area contributed by atoms with Crippen LogP contribution in [-0.2, 0) is 6.54 Å². The van der Waals surface area contributed by atoms with Gasteiger partial charge in [-0.25, -0.2) is 0 Å². The summed E-state index contributed by atoms with van der Waals surface area (Å²) in [6, 6.07) is 12.2. The second kappa shape index (κ2) is 7.55. The molecule has 2 N–H and O–H groups in total. The highest BCUT2D eigenvalue weighted by molar-refractivity contribution is 6.30. The minimum absolute atomic E-state index is 0.0755. The molecule has 2 rings (SSSR count). The summed E-state index contributed by atoms with van der Waals surface area (Å²) >= 11 is 5.94. The third-order valence-electron chi connectivity index (χ3n) is 3.72. The lowest BCUT2D eigenvalue weighted by molar-refractivity contribution is 0.201. The predicted octanol–water partition coefficient (Wildman–Crippen LogP) is 3.65. The fourth-order valence-corrected chi connectivity index (χ4v) is 2.70. The van der Waals surface area contributed by atoms with E-state index in [9.17, 15) is 0 Å². The summed E-state index contributed by atoms with van der Waals surface area (Å²) in [5, 5.41) is 0.760. The first-order valence-corrected chi connectivity index (χ1v) is 7.59. The molecule has 0 radical (unpaired) electrons. The Labute approximate surface area is 131 Å². The van der Waals surface area contributed by atoms with Crippen LogP contribution >= 0.6 is 11.6 Å². The van der Waals surface area contributed by atoms with Gasteiger partial charge in [0.15, 0.2) is 0 Å². The highest BCUT2D eigenvalue weighted by Gasteiger charge is 2.23. The van der Waals surface area contributed by atoms with Crippen molar-refractivity contribution in [2.45, 2.75) is 32.0 Å². The predicted molar refractivity (Wildman–Crippen MR) is 88.2 cm³/mol. The number of halogens is 1. The molecule has 0 bridgehead atoms. The SMILES string of the molecule is CCC(N)C(c1cccnc1)N(C)Cc1ccc(Cl)cc1. The first kappa shape index (κ1) is 16.0. The maximum atomic E-state index is 6.34. The van der Waals surface area contributed by atoms with Gasteiger partial charge >= 0.3 is 0 Å². The maximum Gasteiger partial charge on any atom is 0.0514 e. The van der Waals surface area contributed by atoms with Gasteiger partial charge in [0.25, 0.3) is 0 Å². The van der Waals surface area contributed by atoms with E-state index in [0.29, 0.717) is 0 Å². The minimum Gasteiger partial charge on any atom is -0.326 e. The van der Waals surface area contributed by atoms with E-state index in [1.54, 1.807) is 6.20 Å². The van der Waals surface area contributed by atoms with Gasteiger partial charge in [0.1, 0.15) is 0 Å². The number of likely N-dealkylation sites (N-methyl/N-ethyl adjacent to an activating group) is 1. The minimum atomic E-state index is 0.0755. The summed E-state index contributed by atoms with van der Waals surface area (Å²) in [5.74, 6) is 0. The van der Waals surface area contributed by atoms with Crippen LogP contribution in [0, 0.1) is 0 Å². The van der Waals surface area contributed by atoms with Gasteiger partial charge in [-0.3, -0.25) is 9.88 Å². The van der Waals surface area contributed by atoms with Crippen molar-refractivity contribution < 1.29 is 0 Å². The number of aromatic nitrogens is 1. The zero-order valence-electron chi connectivity index (χ0n) is 12.5. The van der Waals surface area contributed by atoms with Crippen molar-refractivity contribution in [3.8, 4) is 0 Å². The Kier molecular flexibility index (Phi) is 5.74. The highest BCUT2D eigenvalue weighted by Crippen LogP contribution is 2.25. The van der Waals surface area contributed by atoms with Crippen LogP contribution in [0.4, 0.5) is 0 Å². The van der Waals surface area contributed by atoms with Crippen LogP contribution < -0.4 is 5.73 Å². The van der Waals surface area contributed by atoms with Crippen molar-refractivity contribution in [1.29, 1.82) is 0 Å². The fraction of sp³-hybridized carbons (Fsp3) is 0.353. The Morgan fingerprint density at radius 2 is 1.95 bits per heavy atom. The number of pyridine rings is 1. The van der Waals surface area contributed by atoms with E-state index in [1.807, 2.05) is 24.4 Å². The molecule has 0 aliphatic heterocycles. The number of rotatable bonds is 6. The van der Waals surface area contributed by atoms with Crippen LogP contribution in [0.25, 0.3) is 0 Å². The summed E-state index contributed by atoms with van der Waals surface area (Å²) in [6.45, 7) is 2.94. The molecular formula is C17H22ClN3. The molecular weight excluding hydrogens is 282 g/mol. The Hall–Kier alpha value is -1.42. The topological polar surface area (TPSA) is 42.1 Å². The zero-order chi connectivity index (χ0) is 15.2.